The topological polar surface area (TPSA) is 82.2 Å². The van der Waals surface area contributed by atoms with E-state index in [2.05, 4.69) is 16.3 Å². The number of halogens is 1. The number of hydrogen-bond acceptors (Lipinski definition) is 6. The van der Waals surface area contributed by atoms with Gasteiger partial charge in [-0.15, -0.1) is 0 Å². The molecule has 1 unspecified atom stereocenters. The number of nitrogens with zero attached hydrogens (tertiary/aromatic N) is 3. The van der Waals surface area contributed by atoms with E-state index in [1.807, 2.05) is 24.0 Å². The molecular weight excluding hydrogens is 451 g/mol. The first-order valence-electron chi connectivity index (χ1n) is 11.9. The quantitative estimate of drug-likeness (QED) is 0.661. The number of anilines is 1. The van der Waals surface area contributed by atoms with Crippen LogP contribution in [-0.2, 0) is 22.7 Å². The van der Waals surface area contributed by atoms with Crippen molar-refractivity contribution >= 4 is 23.4 Å². The van der Waals surface area contributed by atoms with Crippen LogP contribution in [0.3, 0.4) is 0 Å². The summed E-state index contributed by atoms with van der Waals surface area (Å²) in [5, 5.41) is 2.29. The number of fused-ring (bicyclic) bond motifs is 1. The number of amides is 3. The molecule has 2 aromatic carbocycles. The van der Waals surface area contributed by atoms with Gasteiger partial charge in [-0.1, -0.05) is 6.07 Å². The summed E-state index contributed by atoms with van der Waals surface area (Å²) in [5.74, 6) is -0.743. The van der Waals surface area contributed by atoms with E-state index in [1.165, 1.54) is 16.5 Å². The van der Waals surface area contributed by atoms with Crippen LogP contribution < -0.4 is 15.0 Å². The zero-order valence-electron chi connectivity index (χ0n) is 20.0. The predicted octanol–water partition coefficient (Wildman–Crippen LogP) is 2.23. The minimum atomic E-state index is -0.706. The molecule has 0 aromatic heterocycles. The van der Waals surface area contributed by atoms with Gasteiger partial charge >= 0.3 is 0 Å². The minimum absolute atomic E-state index is 0.190. The number of piperidine rings is 1. The lowest BCUT2D eigenvalue weighted by atomic mass is 10.0. The molecule has 35 heavy (non-hydrogen) atoms. The predicted molar refractivity (Wildman–Crippen MR) is 128 cm³/mol. The second-order valence-corrected chi connectivity index (χ2v) is 9.48. The molecule has 5 rings (SSSR count). The van der Waals surface area contributed by atoms with E-state index in [9.17, 15) is 14.4 Å². The number of carbonyl (C=O) groups excluding carboxylic acids is 3. The fourth-order valence-corrected chi connectivity index (χ4v) is 5.26. The highest BCUT2D eigenvalue weighted by molar-refractivity contribution is 6.05. The number of imide groups is 1. The number of aryl methyl sites for hydroxylation is 1. The molecule has 3 aliphatic rings. The molecule has 0 saturated carbocycles. The summed E-state index contributed by atoms with van der Waals surface area (Å²) in [7, 11) is 1.67. The maximum Gasteiger partial charge on any atom is 0.255 e. The van der Waals surface area contributed by atoms with Crippen LogP contribution in [0.1, 0.15) is 39.9 Å². The fourth-order valence-electron chi connectivity index (χ4n) is 5.26. The first kappa shape index (κ1) is 23.3. The molecule has 2 saturated heterocycles. The summed E-state index contributed by atoms with van der Waals surface area (Å²) in [5.41, 5.74) is 3.83. The van der Waals surface area contributed by atoms with Crippen molar-refractivity contribution in [1.82, 2.24) is 15.1 Å². The van der Waals surface area contributed by atoms with Crippen molar-refractivity contribution in [1.29, 1.82) is 0 Å². The first-order chi connectivity index (χ1) is 16.8. The van der Waals surface area contributed by atoms with Crippen molar-refractivity contribution in [2.24, 2.45) is 0 Å². The Kier molecular flexibility index (Phi) is 6.19. The van der Waals surface area contributed by atoms with Gasteiger partial charge in [-0.2, -0.15) is 0 Å². The minimum Gasteiger partial charge on any atom is -0.497 e. The number of piperazine rings is 1. The third-order valence-corrected chi connectivity index (χ3v) is 7.06. The Balaban J connectivity index is 1.26. The summed E-state index contributed by atoms with van der Waals surface area (Å²) in [6.07, 6.45) is 0.476. The fraction of sp³-hybridized carbons (Fsp3) is 0.423. The number of methoxy groups -OCH3 is 1. The van der Waals surface area contributed by atoms with Gasteiger partial charge in [0, 0.05) is 51.3 Å². The van der Waals surface area contributed by atoms with Crippen molar-refractivity contribution in [3.8, 4) is 5.75 Å². The van der Waals surface area contributed by atoms with E-state index < -0.39 is 17.8 Å². The smallest absolute Gasteiger partial charge is 0.255 e. The Morgan fingerprint density at radius 3 is 2.54 bits per heavy atom. The third kappa shape index (κ3) is 4.60. The highest BCUT2D eigenvalue weighted by Gasteiger charge is 2.40. The molecule has 0 radical (unpaired) electrons. The zero-order valence-corrected chi connectivity index (χ0v) is 20.0. The normalized spacial score (nSPS) is 20.8. The van der Waals surface area contributed by atoms with Crippen LogP contribution in [0.15, 0.2) is 30.3 Å². The maximum absolute atomic E-state index is 15.1. The Morgan fingerprint density at radius 2 is 1.83 bits per heavy atom. The van der Waals surface area contributed by atoms with Gasteiger partial charge in [0.1, 0.15) is 17.6 Å². The monoisotopic (exact) mass is 480 g/mol. The summed E-state index contributed by atoms with van der Waals surface area (Å²) < 4.78 is 20.5. The Bertz CT molecular complexity index is 1190. The van der Waals surface area contributed by atoms with Crippen molar-refractivity contribution in [2.45, 2.75) is 38.9 Å². The molecule has 8 nitrogen and oxygen atoms in total. The summed E-state index contributed by atoms with van der Waals surface area (Å²) in [6, 6.07) is 8.54. The Morgan fingerprint density at radius 1 is 1.06 bits per heavy atom. The van der Waals surface area contributed by atoms with Crippen LogP contribution >= 0.6 is 0 Å². The van der Waals surface area contributed by atoms with Crippen LogP contribution in [-0.4, -0.2) is 66.9 Å². The van der Waals surface area contributed by atoms with Crippen LogP contribution in [0.5, 0.6) is 5.75 Å². The van der Waals surface area contributed by atoms with Gasteiger partial charge in [-0.05, 0) is 54.3 Å². The number of benzene rings is 2. The van der Waals surface area contributed by atoms with Crippen LogP contribution in [0, 0.1) is 12.7 Å². The van der Waals surface area contributed by atoms with Crippen LogP contribution in [0.25, 0.3) is 0 Å². The molecule has 0 spiro atoms. The average Bonchev–Trinajstić information content (AvgIpc) is 3.14. The molecule has 2 aromatic rings. The molecule has 3 heterocycles. The van der Waals surface area contributed by atoms with Gasteiger partial charge in [0.2, 0.25) is 11.8 Å². The average molecular weight is 481 g/mol. The van der Waals surface area contributed by atoms with Gasteiger partial charge in [0.05, 0.1) is 12.8 Å². The molecule has 3 amide bonds. The van der Waals surface area contributed by atoms with Crippen molar-refractivity contribution in [3.63, 3.8) is 0 Å². The van der Waals surface area contributed by atoms with E-state index in [0.29, 0.717) is 29.9 Å². The van der Waals surface area contributed by atoms with Gasteiger partial charge in [-0.3, -0.25) is 24.6 Å². The SMILES string of the molecule is COc1cc(C)cc(CN2CCN(c3cc4c(cc3F)C(=O)N(C3CCC(=O)NC3=O)C4)CC2)c1. The number of carbonyl (C=O) groups is 3. The maximum atomic E-state index is 15.1. The van der Waals surface area contributed by atoms with Gasteiger partial charge < -0.3 is 14.5 Å². The second-order valence-electron chi connectivity index (χ2n) is 9.48. The molecule has 9 heteroatoms. The summed E-state index contributed by atoms with van der Waals surface area (Å²) in [6.45, 7) is 6.00. The molecule has 1 atom stereocenters. The summed E-state index contributed by atoms with van der Waals surface area (Å²) in [4.78, 5) is 42.4. The number of hydrogen-bond donors (Lipinski definition) is 1. The number of nitrogens with one attached hydrogen (secondary N) is 1. The van der Waals surface area contributed by atoms with Crippen LogP contribution in [0.2, 0.25) is 0 Å². The standard InChI is InChI=1S/C26H29FN4O4/c1-16-9-17(11-19(10-16)35-2)14-29-5-7-30(8-6-29)23-12-18-15-31(26(34)20(18)13-21(23)27)22-3-4-24(32)28-25(22)33/h9-13,22H,3-8,14-15H2,1-2H3,(H,28,32,33). The molecule has 0 bridgehead atoms. The van der Waals surface area contributed by atoms with Crippen LogP contribution in [0.4, 0.5) is 10.1 Å². The highest BCUT2D eigenvalue weighted by atomic mass is 19.1. The summed E-state index contributed by atoms with van der Waals surface area (Å²) >= 11 is 0. The molecular formula is C26H29FN4O4. The van der Waals surface area contributed by atoms with Gasteiger partial charge in [0.25, 0.3) is 5.91 Å². The van der Waals surface area contributed by atoms with Crippen molar-refractivity contribution in [3.05, 3.63) is 58.4 Å². The molecule has 1 N–H and O–H groups in total. The lowest BCUT2D eigenvalue weighted by Crippen LogP contribution is -2.52. The van der Waals surface area contributed by atoms with E-state index in [1.54, 1.807) is 13.2 Å². The molecule has 184 valence electrons. The Hall–Kier alpha value is -3.46. The third-order valence-electron chi connectivity index (χ3n) is 7.06. The molecule has 3 aliphatic heterocycles. The van der Waals surface area contributed by atoms with E-state index >= 15 is 4.39 Å². The largest absolute Gasteiger partial charge is 0.497 e. The van der Waals surface area contributed by atoms with E-state index in [0.717, 1.165) is 30.9 Å². The molecule has 0 aliphatic carbocycles. The van der Waals surface area contributed by atoms with Crippen molar-refractivity contribution in [2.75, 3.05) is 38.2 Å². The van der Waals surface area contributed by atoms with Crippen molar-refractivity contribution < 1.29 is 23.5 Å². The Labute approximate surface area is 203 Å². The first-order valence-corrected chi connectivity index (χ1v) is 11.9. The highest BCUT2D eigenvalue weighted by Crippen LogP contribution is 2.33. The van der Waals surface area contributed by atoms with E-state index in [4.69, 9.17) is 4.74 Å². The zero-order chi connectivity index (χ0) is 24.7. The van der Waals surface area contributed by atoms with E-state index in [-0.39, 0.29) is 31.2 Å². The lowest BCUT2D eigenvalue weighted by molar-refractivity contribution is -0.136. The molecule has 2 fully saturated rings. The second kappa shape index (κ2) is 9.30. The van der Waals surface area contributed by atoms with Gasteiger partial charge in [0.15, 0.2) is 0 Å². The van der Waals surface area contributed by atoms with Gasteiger partial charge in [-0.25, -0.2) is 4.39 Å². The number of ether oxygens (including phenoxy) is 1. The number of rotatable bonds is 5. The lowest BCUT2D eigenvalue weighted by Gasteiger charge is -2.36.